The molecule has 0 spiro atoms. The fraction of sp³-hybridized carbons (Fsp3) is 0. The Hall–Kier alpha value is 0.462. The van der Waals surface area contributed by atoms with Crippen molar-refractivity contribution in [3.05, 3.63) is 12.4 Å². The second-order valence-corrected chi connectivity index (χ2v) is 1.63. The van der Waals surface area contributed by atoms with E-state index in [1.165, 1.54) is 0 Å². The van der Waals surface area contributed by atoms with Crippen LogP contribution in [-0.4, -0.2) is 22.3 Å². The maximum absolute atomic E-state index is 9.44. The van der Waals surface area contributed by atoms with Gasteiger partial charge in [0.2, 0.25) is 8.03 Å². The zero-order valence-electron chi connectivity index (χ0n) is 2.64. The van der Waals surface area contributed by atoms with Crippen LogP contribution in [0.3, 0.4) is 0 Å². The van der Waals surface area contributed by atoms with Gasteiger partial charge >= 0.3 is 0 Å². The van der Waals surface area contributed by atoms with E-state index < -0.39 is 8.03 Å². The van der Waals surface area contributed by atoms with Gasteiger partial charge in [0.05, 0.1) is 0 Å². The Morgan fingerprint density at radius 1 is 1.83 bits per heavy atom. The van der Waals surface area contributed by atoms with E-state index in [2.05, 4.69) is 6.58 Å². The van der Waals surface area contributed by atoms with Crippen molar-refractivity contribution in [2.75, 3.05) is 0 Å². The molecule has 0 aromatic heterocycles. The van der Waals surface area contributed by atoms with Gasteiger partial charge in [-0.05, 0) is 5.82 Å². The molecule has 0 bridgehead atoms. The van der Waals surface area contributed by atoms with Crippen molar-refractivity contribution in [2.24, 2.45) is 0 Å². The van der Waals surface area contributed by atoms with Gasteiger partial charge in [-0.25, -0.2) is 0 Å². The highest BCUT2D eigenvalue weighted by atomic mass is 31.1. The Bertz CT molecular complexity index is 62.6. The highest BCUT2D eigenvalue weighted by molar-refractivity contribution is 7.41. The maximum atomic E-state index is 9.44. The standard InChI is InChI=1S/C2H5O2P.Al.3H/c1-2-5(3)4;;;;/h2,5H,1H2,(H,3,4);;;;. The smallest absolute Gasteiger partial charge is 0.210 e. The molecule has 0 rings (SSSR count). The van der Waals surface area contributed by atoms with E-state index in [4.69, 9.17) is 4.89 Å². The first-order chi connectivity index (χ1) is 2.27. The molecule has 1 atom stereocenters. The molecule has 0 heterocycles. The van der Waals surface area contributed by atoms with Crippen LogP contribution in [-0.2, 0) is 4.57 Å². The second kappa shape index (κ2) is 5.46. The van der Waals surface area contributed by atoms with Crippen LogP contribution in [0.25, 0.3) is 0 Å². The van der Waals surface area contributed by atoms with E-state index in [0.717, 1.165) is 5.82 Å². The van der Waals surface area contributed by atoms with Gasteiger partial charge in [0.1, 0.15) is 0 Å². The molecule has 0 radical (unpaired) electrons. The maximum Gasteiger partial charge on any atom is 0.210 e. The average molecular weight is 122 g/mol. The van der Waals surface area contributed by atoms with Gasteiger partial charge in [-0.1, -0.05) is 6.58 Å². The van der Waals surface area contributed by atoms with Crippen LogP contribution in [0.1, 0.15) is 0 Å². The summed E-state index contributed by atoms with van der Waals surface area (Å²) < 4.78 is 9.44. The lowest BCUT2D eigenvalue weighted by Gasteiger charge is -1.66. The Morgan fingerprint density at radius 2 is 2.00 bits per heavy atom. The molecule has 36 valence electrons. The summed E-state index contributed by atoms with van der Waals surface area (Å²) in [4.78, 5) is 7.79. The molecular weight excluding hydrogens is 114 g/mol. The third kappa shape index (κ3) is 8.82. The van der Waals surface area contributed by atoms with Crippen molar-refractivity contribution >= 4 is 25.4 Å². The Balaban J connectivity index is 0. The summed E-state index contributed by atoms with van der Waals surface area (Å²) in [5.41, 5.74) is 0. The number of hydrogen-bond donors (Lipinski definition) is 1. The molecule has 0 aromatic rings. The van der Waals surface area contributed by atoms with Crippen molar-refractivity contribution < 1.29 is 9.46 Å². The predicted octanol–water partition coefficient (Wildman–Crippen LogP) is -0.587. The van der Waals surface area contributed by atoms with E-state index >= 15 is 0 Å². The van der Waals surface area contributed by atoms with Gasteiger partial charge in [0.25, 0.3) is 0 Å². The van der Waals surface area contributed by atoms with Crippen molar-refractivity contribution in [1.82, 2.24) is 0 Å². The molecule has 0 fully saturated rings. The molecule has 6 heavy (non-hydrogen) atoms. The highest BCUT2D eigenvalue weighted by Crippen LogP contribution is 2.10. The predicted molar refractivity (Wildman–Crippen MR) is 31.4 cm³/mol. The number of hydrogen-bond acceptors (Lipinski definition) is 1. The van der Waals surface area contributed by atoms with Crippen LogP contribution in [0, 0.1) is 0 Å². The monoisotopic (exact) mass is 122 g/mol. The summed E-state index contributed by atoms with van der Waals surface area (Å²) in [7, 11) is -2.36. The van der Waals surface area contributed by atoms with Crippen molar-refractivity contribution in [3.8, 4) is 0 Å². The fourth-order valence-electron chi connectivity index (χ4n) is 0. The van der Waals surface area contributed by atoms with Gasteiger partial charge in [-0.2, -0.15) is 0 Å². The molecule has 0 saturated heterocycles. The molecule has 0 aliphatic rings. The van der Waals surface area contributed by atoms with Crippen LogP contribution in [0.2, 0.25) is 0 Å². The van der Waals surface area contributed by atoms with Crippen LogP contribution in [0.4, 0.5) is 0 Å². The molecule has 0 amide bonds. The third-order valence-electron chi connectivity index (χ3n) is 0.175. The van der Waals surface area contributed by atoms with Gasteiger partial charge in [0, 0.05) is 0 Å². The van der Waals surface area contributed by atoms with Gasteiger partial charge in [-0.3, -0.25) is 4.57 Å². The van der Waals surface area contributed by atoms with E-state index in [0.29, 0.717) is 0 Å². The molecule has 2 nitrogen and oxygen atoms in total. The fourth-order valence-corrected chi connectivity index (χ4v) is 0. The minimum atomic E-state index is -2.36. The Morgan fingerprint density at radius 3 is 2.00 bits per heavy atom. The van der Waals surface area contributed by atoms with E-state index in [-0.39, 0.29) is 17.4 Å². The lowest BCUT2D eigenvalue weighted by Crippen LogP contribution is -1.35. The van der Waals surface area contributed by atoms with E-state index in [9.17, 15) is 4.57 Å². The van der Waals surface area contributed by atoms with Crippen molar-refractivity contribution in [1.29, 1.82) is 0 Å². The molecule has 0 saturated carbocycles. The topological polar surface area (TPSA) is 37.3 Å². The highest BCUT2D eigenvalue weighted by Gasteiger charge is 1.68. The van der Waals surface area contributed by atoms with Gasteiger partial charge in [0.15, 0.2) is 17.4 Å². The molecule has 1 N–H and O–H groups in total. The van der Waals surface area contributed by atoms with Crippen LogP contribution < -0.4 is 0 Å². The van der Waals surface area contributed by atoms with Crippen molar-refractivity contribution in [3.63, 3.8) is 0 Å². The summed E-state index contributed by atoms with van der Waals surface area (Å²) in [6.07, 6.45) is 0. The molecular formula is C2H8AlO2P. The molecule has 1 unspecified atom stereocenters. The first-order valence-electron chi connectivity index (χ1n) is 1.12. The normalized spacial score (nSPS) is 11.5. The minimum Gasteiger partial charge on any atom is -0.344 e. The minimum absolute atomic E-state index is 0. The lowest BCUT2D eigenvalue weighted by atomic mass is 11.3. The third-order valence-corrected chi connectivity index (χ3v) is 0.524. The lowest BCUT2D eigenvalue weighted by molar-refractivity contribution is 0.512. The molecule has 0 aliphatic heterocycles. The van der Waals surface area contributed by atoms with Crippen LogP contribution in [0.5, 0.6) is 0 Å². The summed E-state index contributed by atoms with van der Waals surface area (Å²) in [5, 5.41) is 0. The number of rotatable bonds is 1. The zero-order valence-corrected chi connectivity index (χ0v) is 3.64. The SMILES string of the molecule is C=C[PH](=O)O.[AlH3]. The van der Waals surface area contributed by atoms with Gasteiger partial charge in [-0.15, -0.1) is 0 Å². The quantitative estimate of drug-likeness (QED) is 0.373. The molecule has 4 heteroatoms. The first-order valence-corrected chi connectivity index (χ1v) is 2.56. The first kappa shape index (κ1) is 9.68. The molecule has 0 aliphatic carbocycles. The second-order valence-electron chi connectivity index (χ2n) is 0.542. The summed E-state index contributed by atoms with van der Waals surface area (Å²) in [6.45, 7) is 3.04. The van der Waals surface area contributed by atoms with Crippen LogP contribution in [0.15, 0.2) is 12.4 Å². The molecule has 0 aromatic carbocycles. The summed E-state index contributed by atoms with van der Waals surface area (Å²) in [6, 6.07) is 0. The summed E-state index contributed by atoms with van der Waals surface area (Å²) >= 11 is 0. The van der Waals surface area contributed by atoms with E-state index in [1.54, 1.807) is 0 Å². The Kier molecular flexibility index (Phi) is 8.82. The Labute approximate surface area is 47.9 Å². The largest absolute Gasteiger partial charge is 0.344 e. The van der Waals surface area contributed by atoms with E-state index in [1.807, 2.05) is 0 Å². The summed E-state index contributed by atoms with van der Waals surface area (Å²) in [5.74, 6) is 1.02. The van der Waals surface area contributed by atoms with Crippen LogP contribution >= 0.6 is 8.03 Å². The average Bonchev–Trinajstić information content (AvgIpc) is 1.38. The van der Waals surface area contributed by atoms with Crippen molar-refractivity contribution in [2.45, 2.75) is 0 Å². The zero-order chi connectivity index (χ0) is 4.28. The van der Waals surface area contributed by atoms with Gasteiger partial charge < -0.3 is 4.89 Å².